The lowest BCUT2D eigenvalue weighted by Gasteiger charge is -2.08. The minimum atomic E-state index is -0.730. The minimum absolute atomic E-state index is 0.0450. The zero-order valence-corrected chi connectivity index (χ0v) is 14.7. The molecular weight excluding hydrogens is 366 g/mol. The van der Waals surface area contributed by atoms with E-state index in [1.165, 1.54) is 6.07 Å². The molecule has 0 aliphatic rings. The SMILES string of the molecule is O=C(Cn1nc(-c2ccccc2)oc1=O)NCCNc1ccccc1[N+](=O)[O-]. The normalized spacial score (nSPS) is 10.4. The van der Waals surface area contributed by atoms with Crippen LogP contribution < -0.4 is 16.4 Å². The van der Waals surface area contributed by atoms with Gasteiger partial charge in [0.15, 0.2) is 0 Å². The van der Waals surface area contributed by atoms with Crippen molar-refractivity contribution in [3.05, 3.63) is 75.3 Å². The minimum Gasteiger partial charge on any atom is -0.388 e. The van der Waals surface area contributed by atoms with Gasteiger partial charge in [0.1, 0.15) is 12.2 Å². The van der Waals surface area contributed by atoms with Crippen LogP contribution in [0.3, 0.4) is 0 Å². The number of amides is 1. The Labute approximate surface area is 158 Å². The molecule has 0 atom stereocenters. The molecule has 0 fully saturated rings. The summed E-state index contributed by atoms with van der Waals surface area (Å²) in [6.07, 6.45) is 0. The Bertz CT molecular complexity index is 1030. The Morgan fingerprint density at radius 2 is 1.82 bits per heavy atom. The van der Waals surface area contributed by atoms with Crippen LogP contribution in [0, 0.1) is 10.1 Å². The fourth-order valence-electron chi connectivity index (χ4n) is 2.48. The second-order valence-electron chi connectivity index (χ2n) is 5.75. The van der Waals surface area contributed by atoms with Gasteiger partial charge >= 0.3 is 5.76 Å². The lowest BCUT2D eigenvalue weighted by molar-refractivity contribution is -0.384. The molecule has 10 nitrogen and oxygen atoms in total. The van der Waals surface area contributed by atoms with Gasteiger partial charge in [-0.1, -0.05) is 30.3 Å². The number of hydrogen-bond acceptors (Lipinski definition) is 7. The molecule has 0 saturated heterocycles. The number of nitrogens with one attached hydrogen (secondary N) is 2. The van der Waals surface area contributed by atoms with E-state index < -0.39 is 16.6 Å². The molecule has 0 aliphatic carbocycles. The van der Waals surface area contributed by atoms with E-state index in [0.717, 1.165) is 4.68 Å². The third kappa shape index (κ3) is 4.61. The molecule has 0 radical (unpaired) electrons. The van der Waals surface area contributed by atoms with E-state index in [2.05, 4.69) is 15.7 Å². The molecule has 0 aliphatic heterocycles. The largest absolute Gasteiger partial charge is 0.437 e. The Kier molecular flexibility index (Phi) is 5.80. The summed E-state index contributed by atoms with van der Waals surface area (Å²) < 4.78 is 6.00. The highest BCUT2D eigenvalue weighted by atomic mass is 16.6. The van der Waals surface area contributed by atoms with Crippen LogP contribution in [-0.2, 0) is 11.3 Å². The van der Waals surface area contributed by atoms with Crippen LogP contribution in [0.2, 0.25) is 0 Å². The fourth-order valence-corrected chi connectivity index (χ4v) is 2.48. The highest BCUT2D eigenvalue weighted by Crippen LogP contribution is 2.22. The maximum atomic E-state index is 12.0. The Morgan fingerprint density at radius 1 is 1.11 bits per heavy atom. The number of nitro groups is 1. The summed E-state index contributed by atoms with van der Waals surface area (Å²) in [5, 5.41) is 20.5. The van der Waals surface area contributed by atoms with Crippen LogP contribution in [0.1, 0.15) is 0 Å². The third-order valence-corrected chi connectivity index (χ3v) is 3.78. The van der Waals surface area contributed by atoms with E-state index in [1.54, 1.807) is 42.5 Å². The third-order valence-electron chi connectivity index (χ3n) is 3.78. The summed E-state index contributed by atoms with van der Waals surface area (Å²) in [4.78, 5) is 34.3. The van der Waals surface area contributed by atoms with E-state index in [4.69, 9.17) is 4.42 Å². The summed E-state index contributed by atoms with van der Waals surface area (Å²) in [5.74, 6) is -1.03. The quantitative estimate of drug-likeness (QED) is 0.343. The zero-order valence-electron chi connectivity index (χ0n) is 14.7. The molecule has 1 amide bonds. The second-order valence-corrected chi connectivity index (χ2v) is 5.75. The molecule has 3 rings (SSSR count). The van der Waals surface area contributed by atoms with Crippen molar-refractivity contribution in [2.75, 3.05) is 18.4 Å². The predicted molar refractivity (Wildman–Crippen MR) is 101 cm³/mol. The number of benzene rings is 2. The Hall–Kier alpha value is -3.95. The van der Waals surface area contributed by atoms with Gasteiger partial charge in [-0.05, 0) is 18.2 Å². The number of carbonyl (C=O) groups excluding carboxylic acids is 1. The van der Waals surface area contributed by atoms with Crippen molar-refractivity contribution in [2.24, 2.45) is 0 Å². The van der Waals surface area contributed by atoms with Crippen LogP contribution in [0.25, 0.3) is 11.5 Å². The average Bonchev–Trinajstić information content (AvgIpc) is 3.06. The maximum absolute atomic E-state index is 12.0. The van der Waals surface area contributed by atoms with Crippen LogP contribution in [0.5, 0.6) is 0 Å². The average molecular weight is 383 g/mol. The monoisotopic (exact) mass is 383 g/mol. The van der Waals surface area contributed by atoms with Crippen molar-refractivity contribution in [1.82, 2.24) is 15.1 Å². The van der Waals surface area contributed by atoms with Crippen molar-refractivity contribution in [3.63, 3.8) is 0 Å². The van der Waals surface area contributed by atoms with E-state index in [0.29, 0.717) is 11.3 Å². The molecule has 1 aromatic heterocycles. The van der Waals surface area contributed by atoms with Gasteiger partial charge in [0.25, 0.3) is 5.69 Å². The maximum Gasteiger partial charge on any atom is 0.437 e. The van der Waals surface area contributed by atoms with Gasteiger partial charge in [0, 0.05) is 24.7 Å². The number of aromatic nitrogens is 2. The molecule has 3 aromatic rings. The van der Waals surface area contributed by atoms with E-state index in [-0.39, 0.29) is 31.2 Å². The van der Waals surface area contributed by atoms with Gasteiger partial charge in [-0.2, -0.15) is 4.68 Å². The second kappa shape index (κ2) is 8.62. The smallest absolute Gasteiger partial charge is 0.388 e. The molecule has 0 bridgehead atoms. The van der Waals surface area contributed by atoms with Gasteiger partial charge in [-0.3, -0.25) is 14.9 Å². The molecule has 10 heteroatoms. The standard InChI is InChI=1S/C18H17N5O5/c24-16(20-11-10-19-14-8-4-5-9-15(14)23(26)27)12-22-18(25)28-17(21-22)13-6-2-1-3-7-13/h1-9,19H,10-12H2,(H,20,24). The number of nitro benzene ring substituents is 1. The fraction of sp³-hybridized carbons (Fsp3) is 0.167. The predicted octanol–water partition coefficient (Wildman–Crippen LogP) is 1.64. The summed E-state index contributed by atoms with van der Waals surface area (Å²) in [5.41, 5.74) is 0.950. The summed E-state index contributed by atoms with van der Waals surface area (Å²) in [7, 11) is 0. The van der Waals surface area contributed by atoms with Crippen LogP contribution in [-0.4, -0.2) is 33.7 Å². The van der Waals surface area contributed by atoms with Gasteiger partial charge < -0.3 is 15.1 Å². The topological polar surface area (TPSA) is 132 Å². The van der Waals surface area contributed by atoms with Gasteiger partial charge in [0.2, 0.25) is 11.8 Å². The lowest BCUT2D eigenvalue weighted by atomic mass is 10.2. The molecule has 0 spiro atoms. The summed E-state index contributed by atoms with van der Waals surface area (Å²) in [6.45, 7) is 0.198. The molecule has 2 aromatic carbocycles. The van der Waals surface area contributed by atoms with Crippen molar-refractivity contribution < 1.29 is 14.1 Å². The number of rotatable bonds is 8. The number of carbonyl (C=O) groups is 1. The zero-order chi connectivity index (χ0) is 19.9. The van der Waals surface area contributed by atoms with Crippen molar-refractivity contribution in [3.8, 4) is 11.5 Å². The van der Waals surface area contributed by atoms with Crippen LogP contribution >= 0.6 is 0 Å². The Morgan fingerprint density at radius 3 is 2.57 bits per heavy atom. The van der Waals surface area contributed by atoms with E-state index in [1.807, 2.05) is 6.07 Å². The molecule has 0 unspecified atom stereocenters. The van der Waals surface area contributed by atoms with E-state index >= 15 is 0 Å². The molecule has 0 saturated carbocycles. The number of anilines is 1. The van der Waals surface area contributed by atoms with Crippen molar-refractivity contribution in [1.29, 1.82) is 0 Å². The first-order valence-corrected chi connectivity index (χ1v) is 8.42. The van der Waals surface area contributed by atoms with Gasteiger partial charge in [-0.25, -0.2) is 4.79 Å². The number of para-hydroxylation sites is 2. The first kappa shape index (κ1) is 18.8. The van der Waals surface area contributed by atoms with E-state index in [9.17, 15) is 19.7 Å². The molecule has 2 N–H and O–H groups in total. The van der Waals surface area contributed by atoms with Crippen LogP contribution in [0.4, 0.5) is 11.4 Å². The van der Waals surface area contributed by atoms with Gasteiger partial charge in [-0.15, -0.1) is 5.10 Å². The first-order valence-electron chi connectivity index (χ1n) is 8.42. The van der Waals surface area contributed by atoms with Gasteiger partial charge in [0.05, 0.1) is 4.92 Å². The highest BCUT2D eigenvalue weighted by molar-refractivity contribution is 5.75. The highest BCUT2D eigenvalue weighted by Gasteiger charge is 2.14. The number of hydrogen-bond donors (Lipinski definition) is 2. The summed E-state index contributed by atoms with van der Waals surface area (Å²) in [6, 6.07) is 15.1. The van der Waals surface area contributed by atoms with Crippen molar-refractivity contribution >= 4 is 17.3 Å². The molecule has 144 valence electrons. The first-order chi connectivity index (χ1) is 13.5. The lowest BCUT2D eigenvalue weighted by Crippen LogP contribution is -2.34. The molecule has 28 heavy (non-hydrogen) atoms. The number of nitrogens with zero attached hydrogens (tertiary/aromatic N) is 3. The molecular formula is C18H17N5O5. The molecule has 1 heterocycles. The summed E-state index contributed by atoms with van der Waals surface area (Å²) >= 11 is 0. The van der Waals surface area contributed by atoms with Crippen LogP contribution in [0.15, 0.2) is 63.8 Å². The van der Waals surface area contributed by atoms with Crippen molar-refractivity contribution in [2.45, 2.75) is 6.54 Å². The Balaban J connectivity index is 1.51.